The summed E-state index contributed by atoms with van der Waals surface area (Å²) in [5.74, 6) is 0.634. The van der Waals surface area contributed by atoms with Crippen LogP contribution in [0.1, 0.15) is 23.2 Å². The number of halogens is 2. The van der Waals surface area contributed by atoms with Crippen molar-refractivity contribution in [1.29, 1.82) is 0 Å². The topological polar surface area (TPSA) is 33.5 Å². The maximum atomic E-state index is 12.2. The molecule has 0 saturated carbocycles. The molecule has 5 heteroatoms. The SMILES string of the molecule is O=C(c1ccoc1Br)N1CCCC(CBr)C1. The molecule has 0 aromatic carbocycles. The number of carbonyl (C=O) groups is 1. The third kappa shape index (κ3) is 2.51. The van der Waals surface area contributed by atoms with Gasteiger partial charge in [-0.15, -0.1) is 0 Å². The van der Waals surface area contributed by atoms with Gasteiger partial charge in [-0.1, -0.05) is 15.9 Å². The molecule has 0 N–H and O–H groups in total. The lowest BCUT2D eigenvalue weighted by molar-refractivity contribution is 0.0684. The number of furan rings is 1. The summed E-state index contributed by atoms with van der Waals surface area (Å²) >= 11 is 6.73. The number of hydrogen-bond donors (Lipinski definition) is 0. The summed E-state index contributed by atoms with van der Waals surface area (Å²) in [7, 11) is 0. The fourth-order valence-corrected chi connectivity index (χ4v) is 2.93. The molecule has 1 fully saturated rings. The van der Waals surface area contributed by atoms with Crippen molar-refractivity contribution in [3.05, 3.63) is 22.6 Å². The van der Waals surface area contributed by atoms with E-state index in [4.69, 9.17) is 4.42 Å². The van der Waals surface area contributed by atoms with Crippen LogP contribution in [0.15, 0.2) is 21.4 Å². The number of carbonyl (C=O) groups excluding carboxylic acids is 1. The van der Waals surface area contributed by atoms with Gasteiger partial charge in [0.2, 0.25) is 0 Å². The molecule has 0 radical (unpaired) electrons. The zero-order valence-corrected chi connectivity index (χ0v) is 12.0. The molecule has 88 valence electrons. The first-order chi connectivity index (χ1) is 7.72. The molecule has 1 aromatic heterocycles. The lowest BCUT2D eigenvalue weighted by Crippen LogP contribution is -2.40. The second-order valence-electron chi connectivity index (χ2n) is 4.02. The Bertz CT molecular complexity index is 378. The van der Waals surface area contributed by atoms with Crippen molar-refractivity contribution < 1.29 is 9.21 Å². The van der Waals surface area contributed by atoms with E-state index in [2.05, 4.69) is 31.9 Å². The molecule has 0 bridgehead atoms. The fourth-order valence-electron chi connectivity index (χ4n) is 1.99. The molecular weight excluding hydrogens is 338 g/mol. The minimum Gasteiger partial charge on any atom is -0.457 e. The van der Waals surface area contributed by atoms with Crippen LogP contribution in [-0.2, 0) is 0 Å². The van der Waals surface area contributed by atoms with Crippen molar-refractivity contribution in [1.82, 2.24) is 4.90 Å². The van der Waals surface area contributed by atoms with Crippen LogP contribution in [0, 0.1) is 5.92 Å². The minimum absolute atomic E-state index is 0.0614. The Morgan fingerprint density at radius 3 is 3.06 bits per heavy atom. The molecule has 1 atom stereocenters. The second-order valence-corrected chi connectivity index (χ2v) is 5.39. The number of rotatable bonds is 2. The van der Waals surface area contributed by atoms with Crippen LogP contribution in [-0.4, -0.2) is 29.2 Å². The molecule has 0 spiro atoms. The molecular formula is C11H13Br2NO2. The molecule has 1 saturated heterocycles. The Balaban J connectivity index is 2.07. The van der Waals surface area contributed by atoms with Crippen LogP contribution in [0.3, 0.4) is 0 Å². The largest absolute Gasteiger partial charge is 0.457 e. The van der Waals surface area contributed by atoms with Crippen molar-refractivity contribution in [3.63, 3.8) is 0 Å². The van der Waals surface area contributed by atoms with Crippen LogP contribution < -0.4 is 0 Å². The molecule has 1 aromatic rings. The van der Waals surface area contributed by atoms with Gasteiger partial charge >= 0.3 is 0 Å². The van der Waals surface area contributed by atoms with Gasteiger partial charge < -0.3 is 9.32 Å². The Hall–Kier alpha value is -0.290. The highest BCUT2D eigenvalue weighted by atomic mass is 79.9. The summed E-state index contributed by atoms with van der Waals surface area (Å²) in [6.45, 7) is 1.68. The number of hydrogen-bond acceptors (Lipinski definition) is 2. The first-order valence-electron chi connectivity index (χ1n) is 5.30. The van der Waals surface area contributed by atoms with Crippen molar-refractivity contribution in [2.75, 3.05) is 18.4 Å². The van der Waals surface area contributed by atoms with Crippen molar-refractivity contribution in [2.24, 2.45) is 5.92 Å². The van der Waals surface area contributed by atoms with Gasteiger partial charge in [0.05, 0.1) is 11.8 Å². The molecule has 0 aliphatic carbocycles. The average molecular weight is 351 g/mol. The zero-order chi connectivity index (χ0) is 11.5. The van der Waals surface area contributed by atoms with Crippen LogP contribution >= 0.6 is 31.9 Å². The number of piperidine rings is 1. The molecule has 1 aliphatic heterocycles. The monoisotopic (exact) mass is 349 g/mol. The van der Waals surface area contributed by atoms with E-state index in [1.54, 1.807) is 6.07 Å². The first-order valence-corrected chi connectivity index (χ1v) is 7.22. The van der Waals surface area contributed by atoms with Gasteiger partial charge in [-0.2, -0.15) is 0 Å². The van der Waals surface area contributed by atoms with Crippen molar-refractivity contribution in [3.8, 4) is 0 Å². The summed E-state index contributed by atoms with van der Waals surface area (Å²) in [5.41, 5.74) is 0.621. The van der Waals surface area contributed by atoms with E-state index in [0.717, 1.165) is 24.8 Å². The lowest BCUT2D eigenvalue weighted by atomic mass is 10.00. The predicted molar refractivity (Wildman–Crippen MR) is 68.8 cm³/mol. The number of nitrogens with zero attached hydrogens (tertiary/aromatic N) is 1. The molecule has 1 amide bonds. The highest BCUT2D eigenvalue weighted by Crippen LogP contribution is 2.23. The number of amides is 1. The highest BCUT2D eigenvalue weighted by Gasteiger charge is 2.25. The zero-order valence-electron chi connectivity index (χ0n) is 8.79. The third-order valence-electron chi connectivity index (χ3n) is 2.87. The quantitative estimate of drug-likeness (QED) is 0.767. The van der Waals surface area contributed by atoms with E-state index in [1.165, 1.54) is 12.7 Å². The van der Waals surface area contributed by atoms with E-state index in [1.807, 2.05) is 4.90 Å². The van der Waals surface area contributed by atoms with Crippen molar-refractivity contribution in [2.45, 2.75) is 12.8 Å². The number of alkyl halides is 1. The summed E-state index contributed by atoms with van der Waals surface area (Å²) in [6.07, 6.45) is 3.81. The lowest BCUT2D eigenvalue weighted by Gasteiger charge is -2.31. The molecule has 2 heterocycles. The summed E-state index contributed by atoms with van der Waals surface area (Å²) in [4.78, 5) is 14.1. The van der Waals surface area contributed by atoms with E-state index >= 15 is 0 Å². The van der Waals surface area contributed by atoms with Gasteiger partial charge in [-0.25, -0.2) is 0 Å². The van der Waals surface area contributed by atoms with Gasteiger partial charge in [0.15, 0.2) is 4.67 Å². The van der Waals surface area contributed by atoms with Crippen LogP contribution in [0.4, 0.5) is 0 Å². The predicted octanol–water partition coefficient (Wildman–Crippen LogP) is 3.29. The molecule has 2 rings (SSSR count). The van der Waals surface area contributed by atoms with E-state index < -0.39 is 0 Å². The van der Waals surface area contributed by atoms with Crippen LogP contribution in [0.2, 0.25) is 0 Å². The standard InChI is InChI=1S/C11H13Br2NO2/c12-6-8-2-1-4-14(7-8)11(15)9-3-5-16-10(9)13/h3,5,8H,1-2,4,6-7H2. The Morgan fingerprint density at radius 1 is 1.62 bits per heavy atom. The average Bonchev–Trinajstić information content (AvgIpc) is 2.74. The van der Waals surface area contributed by atoms with Crippen LogP contribution in [0.5, 0.6) is 0 Å². The van der Waals surface area contributed by atoms with Gasteiger partial charge in [0, 0.05) is 18.4 Å². The van der Waals surface area contributed by atoms with E-state index in [-0.39, 0.29) is 5.91 Å². The van der Waals surface area contributed by atoms with Gasteiger partial charge in [0.25, 0.3) is 5.91 Å². The van der Waals surface area contributed by atoms with Gasteiger partial charge in [0.1, 0.15) is 0 Å². The second kappa shape index (κ2) is 5.36. The summed E-state index contributed by atoms with van der Waals surface area (Å²) < 4.78 is 5.62. The van der Waals surface area contributed by atoms with Crippen LogP contribution in [0.25, 0.3) is 0 Å². The summed E-state index contributed by atoms with van der Waals surface area (Å²) in [5, 5.41) is 0.962. The van der Waals surface area contributed by atoms with Gasteiger partial charge in [-0.05, 0) is 40.8 Å². The first kappa shape index (κ1) is 12.2. The van der Waals surface area contributed by atoms with E-state index in [0.29, 0.717) is 16.2 Å². The Kier molecular flexibility index (Phi) is 4.08. The molecule has 3 nitrogen and oxygen atoms in total. The highest BCUT2D eigenvalue weighted by molar-refractivity contribution is 9.10. The minimum atomic E-state index is 0.0614. The van der Waals surface area contributed by atoms with Gasteiger partial charge in [-0.3, -0.25) is 4.79 Å². The van der Waals surface area contributed by atoms with E-state index in [9.17, 15) is 4.79 Å². The maximum absolute atomic E-state index is 12.2. The molecule has 1 aliphatic rings. The summed E-state index contributed by atoms with van der Waals surface area (Å²) in [6, 6.07) is 1.71. The number of likely N-dealkylation sites (tertiary alicyclic amines) is 1. The maximum Gasteiger partial charge on any atom is 0.258 e. The smallest absolute Gasteiger partial charge is 0.258 e. The van der Waals surface area contributed by atoms with Crippen molar-refractivity contribution >= 4 is 37.8 Å². The Morgan fingerprint density at radius 2 is 2.44 bits per heavy atom. The molecule has 16 heavy (non-hydrogen) atoms. The third-order valence-corrected chi connectivity index (χ3v) is 4.40. The fraction of sp³-hybridized carbons (Fsp3) is 0.545. The Labute approximate surface area is 111 Å². The normalized spacial score (nSPS) is 21.1. The molecule has 1 unspecified atom stereocenters.